The van der Waals surface area contributed by atoms with E-state index >= 15 is 0 Å². The Hall–Kier alpha value is -3.21. The van der Waals surface area contributed by atoms with Gasteiger partial charge < -0.3 is 20.7 Å². The second-order valence-electron chi connectivity index (χ2n) is 7.56. The number of nitriles is 1. The van der Waals surface area contributed by atoms with Crippen molar-refractivity contribution < 1.29 is 14.3 Å². The van der Waals surface area contributed by atoms with Crippen molar-refractivity contribution in [1.29, 1.82) is 5.26 Å². The van der Waals surface area contributed by atoms with E-state index in [1.54, 1.807) is 0 Å². The maximum atomic E-state index is 12.4. The first-order valence-corrected chi connectivity index (χ1v) is 10.2. The zero-order chi connectivity index (χ0) is 20.9. The van der Waals surface area contributed by atoms with Crippen LogP contribution in [0.15, 0.2) is 42.5 Å². The molecule has 4 rings (SSSR count). The Kier molecular flexibility index (Phi) is 6.07. The van der Waals surface area contributed by atoms with Crippen LogP contribution in [0.3, 0.4) is 0 Å². The lowest BCUT2D eigenvalue weighted by atomic mass is 9.98. The van der Waals surface area contributed by atoms with Crippen molar-refractivity contribution in [3.63, 3.8) is 0 Å². The van der Waals surface area contributed by atoms with E-state index in [4.69, 9.17) is 4.74 Å². The zero-order valence-corrected chi connectivity index (χ0v) is 16.6. The van der Waals surface area contributed by atoms with Gasteiger partial charge in [-0.2, -0.15) is 5.26 Å². The van der Waals surface area contributed by atoms with E-state index in [1.165, 1.54) is 0 Å². The van der Waals surface area contributed by atoms with Gasteiger partial charge in [0.1, 0.15) is 12.1 Å². The van der Waals surface area contributed by atoms with Crippen LogP contribution in [0.1, 0.15) is 27.9 Å². The summed E-state index contributed by atoms with van der Waals surface area (Å²) in [6, 6.07) is 15.3. The molecule has 154 valence electrons. The monoisotopic (exact) mass is 404 g/mol. The normalized spacial score (nSPS) is 19.2. The van der Waals surface area contributed by atoms with Crippen molar-refractivity contribution >= 4 is 11.8 Å². The maximum Gasteiger partial charge on any atom is 0.251 e. The number of carbonyl (C=O) groups is 2. The Morgan fingerprint density at radius 2 is 2.03 bits per heavy atom. The molecule has 2 aromatic carbocycles. The predicted octanol–water partition coefficient (Wildman–Crippen LogP) is 1.53. The number of rotatable bonds is 5. The number of carbonyl (C=O) groups excluding carboxylic acids is 2. The predicted molar refractivity (Wildman–Crippen MR) is 112 cm³/mol. The van der Waals surface area contributed by atoms with Gasteiger partial charge in [-0.15, -0.1) is 0 Å². The molecule has 0 unspecified atom stereocenters. The van der Waals surface area contributed by atoms with Gasteiger partial charge in [0.25, 0.3) is 11.8 Å². The summed E-state index contributed by atoms with van der Waals surface area (Å²) >= 11 is 0. The molecule has 2 atom stereocenters. The van der Waals surface area contributed by atoms with Crippen LogP contribution in [-0.4, -0.2) is 43.7 Å². The molecule has 1 saturated heterocycles. The standard InChI is InChI=1S/C23H24N4O3/c24-12-19(27-23(29)21-14-25-8-1-9-30-21)10-15-2-4-16(5-3-15)17-6-7-18-13-26-22(28)20(18)11-17/h2-7,11,19,21,25H,1,8-10,13-14H2,(H,26,28)(H,27,29)/t19-,21-/m0/s1. The van der Waals surface area contributed by atoms with Crippen LogP contribution in [0.5, 0.6) is 0 Å². The lowest BCUT2D eigenvalue weighted by molar-refractivity contribution is -0.132. The van der Waals surface area contributed by atoms with Crippen molar-refractivity contribution in [3.05, 3.63) is 59.2 Å². The van der Waals surface area contributed by atoms with Gasteiger partial charge in [0.15, 0.2) is 0 Å². The molecule has 2 heterocycles. The largest absolute Gasteiger partial charge is 0.367 e. The molecule has 7 heteroatoms. The summed E-state index contributed by atoms with van der Waals surface area (Å²) in [5.41, 5.74) is 4.65. The van der Waals surface area contributed by atoms with E-state index in [1.807, 2.05) is 42.5 Å². The zero-order valence-electron chi connectivity index (χ0n) is 16.6. The van der Waals surface area contributed by atoms with Gasteiger partial charge >= 0.3 is 0 Å². The number of fused-ring (bicyclic) bond motifs is 1. The van der Waals surface area contributed by atoms with E-state index in [-0.39, 0.29) is 11.8 Å². The minimum atomic E-state index is -0.626. The van der Waals surface area contributed by atoms with Crippen molar-refractivity contribution in [2.75, 3.05) is 19.7 Å². The fraction of sp³-hybridized carbons (Fsp3) is 0.348. The Morgan fingerprint density at radius 3 is 2.83 bits per heavy atom. The molecule has 0 aliphatic carbocycles. The van der Waals surface area contributed by atoms with Crippen molar-refractivity contribution in [2.45, 2.75) is 31.5 Å². The number of benzene rings is 2. The van der Waals surface area contributed by atoms with Crippen LogP contribution < -0.4 is 16.0 Å². The number of hydrogen-bond acceptors (Lipinski definition) is 5. The lowest BCUT2D eigenvalue weighted by Gasteiger charge is -2.18. The molecule has 7 nitrogen and oxygen atoms in total. The highest BCUT2D eigenvalue weighted by atomic mass is 16.5. The summed E-state index contributed by atoms with van der Waals surface area (Å²) in [6.07, 6.45) is 0.713. The third kappa shape index (κ3) is 4.51. The molecule has 2 aliphatic heterocycles. The summed E-state index contributed by atoms with van der Waals surface area (Å²) in [4.78, 5) is 24.3. The molecule has 3 N–H and O–H groups in total. The molecular formula is C23H24N4O3. The summed E-state index contributed by atoms with van der Waals surface area (Å²) in [6.45, 7) is 2.40. The van der Waals surface area contributed by atoms with Crippen LogP contribution >= 0.6 is 0 Å². The molecule has 2 aromatic rings. The van der Waals surface area contributed by atoms with Gasteiger partial charge in [0, 0.05) is 31.7 Å². The minimum Gasteiger partial charge on any atom is -0.367 e. The molecule has 2 amide bonds. The molecule has 1 fully saturated rings. The summed E-state index contributed by atoms with van der Waals surface area (Å²) in [5, 5.41) is 18.3. The number of hydrogen-bond donors (Lipinski definition) is 3. The Balaban J connectivity index is 1.40. The fourth-order valence-electron chi connectivity index (χ4n) is 3.74. The van der Waals surface area contributed by atoms with E-state index in [0.717, 1.165) is 40.8 Å². The molecule has 0 aromatic heterocycles. The van der Waals surface area contributed by atoms with Crippen LogP contribution in [-0.2, 0) is 22.5 Å². The van der Waals surface area contributed by atoms with E-state index < -0.39 is 12.1 Å². The Morgan fingerprint density at radius 1 is 1.23 bits per heavy atom. The second-order valence-corrected chi connectivity index (χ2v) is 7.56. The van der Waals surface area contributed by atoms with Crippen LogP contribution in [0, 0.1) is 11.3 Å². The van der Waals surface area contributed by atoms with E-state index in [9.17, 15) is 14.9 Å². The molecule has 0 spiro atoms. The number of nitrogens with one attached hydrogen (secondary N) is 3. The second kappa shape index (κ2) is 9.08. The highest BCUT2D eigenvalue weighted by Gasteiger charge is 2.23. The van der Waals surface area contributed by atoms with Gasteiger partial charge in [-0.3, -0.25) is 9.59 Å². The van der Waals surface area contributed by atoms with Crippen molar-refractivity contribution in [1.82, 2.24) is 16.0 Å². The van der Waals surface area contributed by atoms with E-state index in [0.29, 0.717) is 26.1 Å². The molecule has 0 radical (unpaired) electrons. The summed E-state index contributed by atoms with van der Waals surface area (Å²) in [7, 11) is 0. The number of ether oxygens (including phenoxy) is 1. The minimum absolute atomic E-state index is 0.0380. The molecule has 0 bridgehead atoms. The quantitative estimate of drug-likeness (QED) is 0.701. The SMILES string of the molecule is N#C[C@H](Cc1ccc(-c2ccc3c(c2)C(=O)NC3)cc1)NC(=O)[C@@H]1CNCCCO1. The lowest BCUT2D eigenvalue weighted by Crippen LogP contribution is -2.46. The van der Waals surface area contributed by atoms with Gasteiger partial charge in [-0.25, -0.2) is 0 Å². The van der Waals surface area contributed by atoms with Gasteiger partial charge in [-0.05, 0) is 41.3 Å². The average Bonchev–Trinajstić information content (AvgIpc) is 2.96. The average molecular weight is 404 g/mol. The third-order valence-electron chi connectivity index (χ3n) is 5.43. The van der Waals surface area contributed by atoms with Crippen LogP contribution in [0.2, 0.25) is 0 Å². The number of amides is 2. The Bertz CT molecular complexity index is 973. The van der Waals surface area contributed by atoms with Crippen molar-refractivity contribution in [2.24, 2.45) is 0 Å². The van der Waals surface area contributed by atoms with Crippen LogP contribution in [0.25, 0.3) is 11.1 Å². The first-order chi connectivity index (χ1) is 14.6. The fourth-order valence-corrected chi connectivity index (χ4v) is 3.74. The third-order valence-corrected chi connectivity index (χ3v) is 5.43. The van der Waals surface area contributed by atoms with Crippen molar-refractivity contribution in [3.8, 4) is 17.2 Å². The molecule has 30 heavy (non-hydrogen) atoms. The smallest absolute Gasteiger partial charge is 0.251 e. The highest BCUT2D eigenvalue weighted by Crippen LogP contribution is 2.25. The van der Waals surface area contributed by atoms with Crippen LogP contribution in [0.4, 0.5) is 0 Å². The number of nitrogens with zero attached hydrogens (tertiary/aromatic N) is 1. The maximum absolute atomic E-state index is 12.4. The summed E-state index contributed by atoms with van der Waals surface area (Å²) < 4.78 is 5.55. The Labute approximate surface area is 175 Å². The van der Waals surface area contributed by atoms with Gasteiger partial charge in [0.05, 0.1) is 6.07 Å². The van der Waals surface area contributed by atoms with E-state index in [2.05, 4.69) is 22.0 Å². The topological polar surface area (TPSA) is 103 Å². The first-order valence-electron chi connectivity index (χ1n) is 10.2. The first kappa shape index (κ1) is 20.1. The highest BCUT2D eigenvalue weighted by molar-refractivity contribution is 5.99. The molecule has 0 saturated carbocycles. The molecular weight excluding hydrogens is 380 g/mol. The van der Waals surface area contributed by atoms with Gasteiger partial charge in [0.2, 0.25) is 0 Å². The van der Waals surface area contributed by atoms with Gasteiger partial charge in [-0.1, -0.05) is 36.4 Å². The molecule has 2 aliphatic rings. The summed E-state index contributed by atoms with van der Waals surface area (Å²) in [5.74, 6) is -0.298.